The summed E-state index contributed by atoms with van der Waals surface area (Å²) in [6.07, 6.45) is 4.75. The molecule has 0 spiro atoms. The summed E-state index contributed by atoms with van der Waals surface area (Å²) in [6.45, 7) is 5.90. The van der Waals surface area contributed by atoms with Gasteiger partial charge in [-0.2, -0.15) is 0 Å². The standard InChI is InChI=1S/C14H24N2O4/c1-10(2)5-7-20-8-6-15-14(19)16-12-4-3-11(9-12)13(17)18/h3-4,10-12H,5-9H2,1-2H3,(H,17,18)(H2,15,16,19). The molecule has 0 fully saturated rings. The summed E-state index contributed by atoms with van der Waals surface area (Å²) in [5.74, 6) is -0.744. The maximum atomic E-state index is 11.6. The molecule has 0 aliphatic heterocycles. The molecule has 6 nitrogen and oxygen atoms in total. The number of hydrogen-bond acceptors (Lipinski definition) is 3. The molecule has 0 aromatic rings. The molecule has 1 rings (SSSR count). The Morgan fingerprint density at radius 2 is 2.10 bits per heavy atom. The average molecular weight is 284 g/mol. The van der Waals surface area contributed by atoms with Crippen LogP contribution in [0.1, 0.15) is 26.7 Å². The van der Waals surface area contributed by atoms with E-state index in [0.29, 0.717) is 32.1 Å². The lowest BCUT2D eigenvalue weighted by Gasteiger charge is -2.13. The molecule has 3 N–H and O–H groups in total. The molecular weight excluding hydrogens is 260 g/mol. The fourth-order valence-corrected chi connectivity index (χ4v) is 1.87. The molecule has 2 unspecified atom stereocenters. The van der Waals surface area contributed by atoms with Gasteiger partial charge in [0.15, 0.2) is 0 Å². The molecule has 0 saturated carbocycles. The van der Waals surface area contributed by atoms with E-state index in [1.54, 1.807) is 12.2 Å². The Morgan fingerprint density at radius 1 is 1.35 bits per heavy atom. The van der Waals surface area contributed by atoms with Crippen molar-refractivity contribution >= 4 is 12.0 Å². The van der Waals surface area contributed by atoms with Crippen LogP contribution in [-0.2, 0) is 9.53 Å². The van der Waals surface area contributed by atoms with Gasteiger partial charge in [0, 0.05) is 13.2 Å². The summed E-state index contributed by atoms with van der Waals surface area (Å²) in [5.41, 5.74) is 0. The van der Waals surface area contributed by atoms with Crippen molar-refractivity contribution in [2.24, 2.45) is 11.8 Å². The number of carbonyl (C=O) groups excluding carboxylic acids is 1. The fourth-order valence-electron chi connectivity index (χ4n) is 1.87. The highest BCUT2D eigenvalue weighted by Crippen LogP contribution is 2.17. The summed E-state index contributed by atoms with van der Waals surface area (Å²) >= 11 is 0. The van der Waals surface area contributed by atoms with Gasteiger partial charge >= 0.3 is 12.0 Å². The molecule has 0 bridgehead atoms. The smallest absolute Gasteiger partial charge is 0.315 e. The summed E-state index contributed by atoms with van der Waals surface area (Å²) in [5, 5.41) is 14.2. The predicted molar refractivity (Wildman–Crippen MR) is 75.5 cm³/mol. The number of carbonyl (C=O) groups is 2. The van der Waals surface area contributed by atoms with Crippen molar-refractivity contribution in [3.8, 4) is 0 Å². The summed E-state index contributed by atoms with van der Waals surface area (Å²) < 4.78 is 5.38. The molecule has 1 aliphatic rings. The summed E-state index contributed by atoms with van der Waals surface area (Å²) in [4.78, 5) is 22.3. The number of amides is 2. The van der Waals surface area contributed by atoms with Crippen LogP contribution in [0.3, 0.4) is 0 Å². The van der Waals surface area contributed by atoms with Crippen LogP contribution in [0, 0.1) is 11.8 Å². The predicted octanol–water partition coefficient (Wildman–Crippen LogP) is 1.38. The Labute approximate surface area is 119 Å². The minimum atomic E-state index is -0.857. The van der Waals surface area contributed by atoms with E-state index in [1.165, 1.54) is 0 Å². The molecule has 0 saturated heterocycles. The van der Waals surface area contributed by atoms with Gasteiger partial charge in [-0.25, -0.2) is 4.79 Å². The van der Waals surface area contributed by atoms with E-state index in [1.807, 2.05) is 0 Å². The van der Waals surface area contributed by atoms with Gasteiger partial charge in [-0.1, -0.05) is 26.0 Å². The van der Waals surface area contributed by atoms with Crippen LogP contribution in [0.25, 0.3) is 0 Å². The van der Waals surface area contributed by atoms with Gasteiger partial charge < -0.3 is 20.5 Å². The van der Waals surface area contributed by atoms with Gasteiger partial charge in [-0.3, -0.25) is 4.79 Å². The average Bonchev–Trinajstić information content (AvgIpc) is 2.81. The quantitative estimate of drug-likeness (QED) is 0.464. The van der Waals surface area contributed by atoms with Gasteiger partial charge in [0.25, 0.3) is 0 Å². The lowest BCUT2D eigenvalue weighted by molar-refractivity contribution is -0.140. The van der Waals surface area contributed by atoms with Crippen molar-refractivity contribution < 1.29 is 19.4 Å². The fraction of sp³-hybridized carbons (Fsp3) is 0.714. The van der Waals surface area contributed by atoms with Crippen LogP contribution in [0.5, 0.6) is 0 Å². The van der Waals surface area contributed by atoms with Crippen molar-refractivity contribution in [2.75, 3.05) is 19.8 Å². The first-order valence-corrected chi connectivity index (χ1v) is 7.02. The number of urea groups is 1. The number of hydrogen-bond donors (Lipinski definition) is 3. The maximum Gasteiger partial charge on any atom is 0.315 e. The molecule has 114 valence electrons. The molecule has 0 aromatic heterocycles. The van der Waals surface area contributed by atoms with E-state index < -0.39 is 11.9 Å². The Morgan fingerprint density at radius 3 is 2.70 bits per heavy atom. The van der Waals surface area contributed by atoms with Crippen LogP contribution in [0.2, 0.25) is 0 Å². The third kappa shape index (κ3) is 6.56. The number of carboxylic acids is 1. The van der Waals surface area contributed by atoms with E-state index in [0.717, 1.165) is 6.42 Å². The molecule has 2 atom stereocenters. The van der Waals surface area contributed by atoms with Crippen LogP contribution in [0.15, 0.2) is 12.2 Å². The van der Waals surface area contributed by atoms with Gasteiger partial charge in [-0.15, -0.1) is 0 Å². The van der Waals surface area contributed by atoms with E-state index in [9.17, 15) is 9.59 Å². The third-order valence-electron chi connectivity index (χ3n) is 3.09. The minimum absolute atomic E-state index is 0.210. The topological polar surface area (TPSA) is 87.7 Å². The zero-order chi connectivity index (χ0) is 15.0. The van der Waals surface area contributed by atoms with E-state index in [4.69, 9.17) is 9.84 Å². The summed E-state index contributed by atoms with van der Waals surface area (Å²) in [7, 11) is 0. The van der Waals surface area contributed by atoms with Crippen LogP contribution >= 0.6 is 0 Å². The Balaban J connectivity index is 2.04. The maximum absolute atomic E-state index is 11.6. The number of aliphatic carboxylic acids is 1. The van der Waals surface area contributed by atoms with Gasteiger partial charge in [-0.05, 0) is 18.8 Å². The van der Waals surface area contributed by atoms with Gasteiger partial charge in [0.2, 0.25) is 0 Å². The van der Waals surface area contributed by atoms with Crippen LogP contribution < -0.4 is 10.6 Å². The zero-order valence-electron chi connectivity index (χ0n) is 12.1. The second-order valence-corrected chi connectivity index (χ2v) is 5.37. The van der Waals surface area contributed by atoms with Crippen molar-refractivity contribution in [3.63, 3.8) is 0 Å². The van der Waals surface area contributed by atoms with Crippen molar-refractivity contribution in [1.82, 2.24) is 10.6 Å². The zero-order valence-corrected chi connectivity index (χ0v) is 12.1. The van der Waals surface area contributed by atoms with Crippen LogP contribution in [-0.4, -0.2) is 42.9 Å². The molecule has 20 heavy (non-hydrogen) atoms. The third-order valence-corrected chi connectivity index (χ3v) is 3.09. The monoisotopic (exact) mass is 284 g/mol. The van der Waals surface area contributed by atoms with Gasteiger partial charge in [0.1, 0.15) is 0 Å². The van der Waals surface area contributed by atoms with E-state index in [-0.39, 0.29) is 12.1 Å². The molecule has 6 heteroatoms. The van der Waals surface area contributed by atoms with Crippen molar-refractivity contribution in [3.05, 3.63) is 12.2 Å². The highest BCUT2D eigenvalue weighted by molar-refractivity contribution is 5.76. The lowest BCUT2D eigenvalue weighted by Crippen LogP contribution is -2.42. The lowest BCUT2D eigenvalue weighted by atomic mass is 10.1. The largest absolute Gasteiger partial charge is 0.481 e. The minimum Gasteiger partial charge on any atom is -0.481 e. The van der Waals surface area contributed by atoms with Crippen molar-refractivity contribution in [1.29, 1.82) is 0 Å². The highest BCUT2D eigenvalue weighted by Gasteiger charge is 2.25. The Bertz CT molecular complexity index is 355. The van der Waals surface area contributed by atoms with E-state index in [2.05, 4.69) is 24.5 Å². The van der Waals surface area contributed by atoms with Crippen LogP contribution in [0.4, 0.5) is 4.79 Å². The summed E-state index contributed by atoms with van der Waals surface area (Å²) in [6, 6.07) is -0.504. The molecule has 0 heterocycles. The molecule has 1 aliphatic carbocycles. The molecule has 0 aromatic carbocycles. The Hall–Kier alpha value is -1.56. The molecule has 2 amide bonds. The van der Waals surface area contributed by atoms with Gasteiger partial charge in [0.05, 0.1) is 18.6 Å². The highest BCUT2D eigenvalue weighted by atomic mass is 16.5. The molecule has 0 radical (unpaired) electrons. The second kappa shape index (κ2) is 8.58. The number of carboxylic acid groups (broad SMARTS) is 1. The number of rotatable bonds is 8. The first-order chi connectivity index (χ1) is 9.49. The normalized spacial score (nSPS) is 21.1. The Kier molecular flexibility index (Phi) is 7.08. The SMILES string of the molecule is CC(C)CCOCCNC(=O)NC1C=CC(C(=O)O)C1. The van der Waals surface area contributed by atoms with Crippen molar-refractivity contribution in [2.45, 2.75) is 32.7 Å². The first-order valence-electron chi connectivity index (χ1n) is 7.02. The second-order valence-electron chi connectivity index (χ2n) is 5.37. The van der Waals surface area contributed by atoms with E-state index >= 15 is 0 Å². The number of ether oxygens (including phenoxy) is 1. The number of nitrogens with one attached hydrogen (secondary N) is 2. The molecular formula is C14H24N2O4. The first kappa shape index (κ1) is 16.5.